The van der Waals surface area contributed by atoms with E-state index in [9.17, 15) is 14.4 Å². The lowest BCUT2D eigenvalue weighted by molar-refractivity contribution is -0.140. The molecule has 1 aliphatic rings. The molecule has 0 bridgehead atoms. The van der Waals surface area contributed by atoms with Gasteiger partial charge in [0.1, 0.15) is 11.8 Å². The number of anilines is 1. The Bertz CT molecular complexity index is 1180. The molecular formula is C27H27N3O5. The second-order valence-corrected chi connectivity index (χ2v) is 8.34. The van der Waals surface area contributed by atoms with E-state index in [0.29, 0.717) is 24.3 Å². The zero-order valence-corrected chi connectivity index (χ0v) is 19.1. The first-order valence-electron chi connectivity index (χ1n) is 11.4. The van der Waals surface area contributed by atoms with Crippen molar-refractivity contribution in [3.8, 4) is 5.75 Å². The molecule has 4 rings (SSSR count). The van der Waals surface area contributed by atoms with E-state index in [1.807, 2.05) is 66.7 Å². The van der Waals surface area contributed by atoms with Crippen molar-refractivity contribution < 1.29 is 24.3 Å². The molecule has 0 spiro atoms. The number of fused-ring (bicyclic) bond motifs is 1. The lowest BCUT2D eigenvalue weighted by Crippen LogP contribution is -2.50. The highest BCUT2D eigenvalue weighted by atomic mass is 16.5. The molecule has 0 saturated carbocycles. The molecule has 8 nitrogen and oxygen atoms in total. The molecular weight excluding hydrogens is 446 g/mol. The van der Waals surface area contributed by atoms with E-state index in [2.05, 4.69) is 5.32 Å². The van der Waals surface area contributed by atoms with E-state index in [-0.39, 0.29) is 31.4 Å². The molecule has 3 aromatic rings. The highest BCUT2D eigenvalue weighted by Crippen LogP contribution is 2.28. The number of hydrogen-bond acceptors (Lipinski definition) is 5. The number of hydroxylamine groups is 1. The molecule has 1 atom stereocenters. The summed E-state index contributed by atoms with van der Waals surface area (Å²) in [6.07, 6.45) is 1.22. The van der Waals surface area contributed by atoms with Gasteiger partial charge in [-0.2, -0.15) is 0 Å². The first kappa shape index (κ1) is 24.0. The second-order valence-electron chi connectivity index (χ2n) is 8.34. The van der Waals surface area contributed by atoms with E-state index in [1.54, 1.807) is 17.0 Å². The summed E-state index contributed by atoms with van der Waals surface area (Å²) in [5, 5.41) is 11.6. The van der Waals surface area contributed by atoms with E-state index in [4.69, 9.17) is 9.94 Å². The number of rotatable bonds is 8. The number of benzene rings is 3. The number of para-hydroxylation sites is 1. The number of ether oxygens (including phenoxy) is 1. The van der Waals surface area contributed by atoms with Gasteiger partial charge in [-0.05, 0) is 47.4 Å². The third-order valence-corrected chi connectivity index (χ3v) is 5.94. The lowest BCUT2D eigenvalue weighted by Gasteiger charge is -2.36. The van der Waals surface area contributed by atoms with E-state index in [1.165, 1.54) is 5.48 Å². The number of nitrogens with zero attached hydrogens (tertiary/aromatic N) is 1. The predicted octanol–water partition coefficient (Wildman–Crippen LogP) is 3.10. The Balaban J connectivity index is 1.54. The Labute approximate surface area is 203 Å². The Morgan fingerprint density at radius 2 is 1.66 bits per heavy atom. The predicted molar refractivity (Wildman–Crippen MR) is 130 cm³/mol. The molecule has 0 fully saturated rings. The Morgan fingerprint density at radius 3 is 2.37 bits per heavy atom. The fraction of sp³-hybridized carbons (Fsp3) is 0.222. The Kier molecular flexibility index (Phi) is 7.74. The molecule has 3 N–H and O–H groups in total. The standard InChI is InChI=1S/C27H27N3O5/c31-25(29-34)18-35-23-13-12-20-16-24(27(33)28-22-9-5-2-6-10-22)30(17-21(20)15-23)26(32)14-11-19-7-3-1-4-8-19/h1-10,12-13,15,24,34H,11,14,16-18H2,(H,28,33)(H,29,31)/t24-/m0/s1. The van der Waals surface area contributed by atoms with Crippen LogP contribution in [0.4, 0.5) is 5.69 Å². The van der Waals surface area contributed by atoms with Crippen LogP contribution < -0.4 is 15.5 Å². The maximum Gasteiger partial charge on any atom is 0.281 e. The van der Waals surface area contributed by atoms with Crippen LogP contribution in [0.25, 0.3) is 0 Å². The average Bonchev–Trinajstić information content (AvgIpc) is 2.90. The first-order valence-corrected chi connectivity index (χ1v) is 11.4. The van der Waals surface area contributed by atoms with Gasteiger partial charge in [0.15, 0.2) is 6.61 Å². The molecule has 3 amide bonds. The monoisotopic (exact) mass is 473 g/mol. The molecule has 180 valence electrons. The molecule has 8 heteroatoms. The van der Waals surface area contributed by atoms with Gasteiger partial charge in [-0.25, -0.2) is 5.48 Å². The van der Waals surface area contributed by atoms with Gasteiger partial charge in [0, 0.05) is 25.1 Å². The number of carbonyl (C=O) groups excluding carboxylic acids is 3. The molecule has 35 heavy (non-hydrogen) atoms. The van der Waals surface area contributed by atoms with Crippen LogP contribution in [0.15, 0.2) is 78.9 Å². The minimum absolute atomic E-state index is 0.112. The number of hydrogen-bond donors (Lipinski definition) is 3. The van der Waals surface area contributed by atoms with Crippen LogP contribution in [-0.2, 0) is 33.8 Å². The fourth-order valence-corrected chi connectivity index (χ4v) is 4.11. The van der Waals surface area contributed by atoms with Crippen LogP contribution in [0.2, 0.25) is 0 Å². The van der Waals surface area contributed by atoms with Gasteiger partial charge in [-0.1, -0.05) is 54.6 Å². The minimum atomic E-state index is -0.668. The van der Waals surface area contributed by atoms with Gasteiger partial charge in [0.2, 0.25) is 11.8 Å². The molecule has 0 aromatic heterocycles. The summed E-state index contributed by atoms with van der Waals surface area (Å²) in [4.78, 5) is 39.5. The Morgan fingerprint density at radius 1 is 0.943 bits per heavy atom. The zero-order valence-electron chi connectivity index (χ0n) is 19.1. The van der Waals surface area contributed by atoms with Crippen molar-refractivity contribution in [2.75, 3.05) is 11.9 Å². The molecule has 0 saturated heterocycles. The topological polar surface area (TPSA) is 108 Å². The van der Waals surface area contributed by atoms with Crippen molar-refractivity contribution >= 4 is 23.4 Å². The summed E-state index contributed by atoms with van der Waals surface area (Å²) in [5.41, 5.74) is 5.04. The highest BCUT2D eigenvalue weighted by Gasteiger charge is 2.34. The molecule has 0 radical (unpaired) electrons. The van der Waals surface area contributed by atoms with Crippen molar-refractivity contribution in [1.29, 1.82) is 0 Å². The molecule has 0 unspecified atom stereocenters. The zero-order chi connectivity index (χ0) is 24.6. The smallest absolute Gasteiger partial charge is 0.281 e. The largest absolute Gasteiger partial charge is 0.484 e. The average molecular weight is 474 g/mol. The van der Waals surface area contributed by atoms with Gasteiger partial charge in [-0.3, -0.25) is 19.6 Å². The molecule has 1 aliphatic heterocycles. The number of carbonyl (C=O) groups is 3. The van der Waals surface area contributed by atoms with E-state index >= 15 is 0 Å². The molecule has 1 heterocycles. The van der Waals surface area contributed by atoms with E-state index < -0.39 is 11.9 Å². The van der Waals surface area contributed by atoms with E-state index in [0.717, 1.165) is 16.7 Å². The third-order valence-electron chi connectivity index (χ3n) is 5.94. The van der Waals surface area contributed by atoms with Crippen LogP contribution in [0, 0.1) is 0 Å². The van der Waals surface area contributed by atoms with Crippen molar-refractivity contribution in [2.24, 2.45) is 0 Å². The van der Waals surface area contributed by atoms with Crippen molar-refractivity contribution in [1.82, 2.24) is 10.4 Å². The van der Waals surface area contributed by atoms with Crippen LogP contribution >= 0.6 is 0 Å². The second kappa shape index (κ2) is 11.3. The maximum absolute atomic E-state index is 13.3. The van der Waals surface area contributed by atoms with Crippen molar-refractivity contribution in [2.45, 2.75) is 31.8 Å². The molecule has 3 aromatic carbocycles. The van der Waals surface area contributed by atoms with Crippen molar-refractivity contribution in [3.05, 3.63) is 95.6 Å². The number of aryl methyl sites for hydroxylation is 1. The molecule has 0 aliphatic carbocycles. The Hall–Kier alpha value is -4.17. The minimum Gasteiger partial charge on any atom is -0.484 e. The SMILES string of the molecule is O=C(COc1ccc2c(c1)CN(C(=O)CCc1ccccc1)[C@H](C(=O)Nc1ccccc1)C2)NO. The van der Waals surface area contributed by atoms with Crippen LogP contribution in [0.1, 0.15) is 23.1 Å². The summed E-state index contributed by atoms with van der Waals surface area (Å²) >= 11 is 0. The number of amides is 3. The maximum atomic E-state index is 13.3. The van der Waals surface area contributed by atoms with Crippen molar-refractivity contribution in [3.63, 3.8) is 0 Å². The van der Waals surface area contributed by atoms with Crippen LogP contribution in [0.5, 0.6) is 5.75 Å². The van der Waals surface area contributed by atoms with Crippen LogP contribution in [-0.4, -0.2) is 40.5 Å². The van der Waals surface area contributed by atoms with Crippen LogP contribution in [0.3, 0.4) is 0 Å². The summed E-state index contributed by atoms with van der Waals surface area (Å²) in [5.74, 6) is -0.581. The van der Waals surface area contributed by atoms with Gasteiger partial charge >= 0.3 is 0 Å². The normalized spacial score (nSPS) is 14.5. The summed E-state index contributed by atoms with van der Waals surface area (Å²) < 4.78 is 5.42. The lowest BCUT2D eigenvalue weighted by atomic mass is 9.92. The van der Waals surface area contributed by atoms with Gasteiger partial charge < -0.3 is 15.0 Å². The summed E-state index contributed by atoms with van der Waals surface area (Å²) in [6, 6.07) is 23.6. The first-order chi connectivity index (χ1) is 17.0. The number of nitrogens with one attached hydrogen (secondary N) is 2. The quantitative estimate of drug-likeness (QED) is 0.344. The third kappa shape index (κ3) is 6.24. The van der Waals surface area contributed by atoms with Gasteiger partial charge in [0.25, 0.3) is 5.91 Å². The summed E-state index contributed by atoms with van der Waals surface area (Å²) in [6.45, 7) is -0.0870. The fourth-order valence-electron chi connectivity index (χ4n) is 4.11. The van der Waals surface area contributed by atoms with Gasteiger partial charge in [0.05, 0.1) is 0 Å². The summed E-state index contributed by atoms with van der Waals surface area (Å²) in [7, 11) is 0. The van der Waals surface area contributed by atoms with Gasteiger partial charge in [-0.15, -0.1) is 0 Å². The highest BCUT2D eigenvalue weighted by molar-refractivity contribution is 5.97.